The average molecular weight is 316 g/mol. The molecule has 0 atom stereocenters. The summed E-state index contributed by atoms with van der Waals surface area (Å²) >= 11 is 0. The number of carbonyl (C=O) groups is 1. The summed E-state index contributed by atoms with van der Waals surface area (Å²) in [6, 6.07) is 1.35. The Labute approximate surface area is 136 Å². The molecule has 1 aliphatic carbocycles. The van der Waals surface area contributed by atoms with Gasteiger partial charge in [-0.05, 0) is 44.1 Å². The number of esters is 1. The number of aryl methyl sites for hydroxylation is 1. The van der Waals surface area contributed by atoms with Gasteiger partial charge < -0.3 is 9.15 Å². The van der Waals surface area contributed by atoms with E-state index in [2.05, 4.69) is 20.8 Å². The Hall–Kier alpha value is -2.10. The molecule has 1 heterocycles. The molecule has 4 nitrogen and oxygen atoms in total. The smallest absolute Gasteiger partial charge is 0.331 e. The van der Waals surface area contributed by atoms with Crippen LogP contribution in [0.4, 0.5) is 0 Å². The first-order chi connectivity index (χ1) is 10.8. The van der Waals surface area contributed by atoms with E-state index in [1.165, 1.54) is 36.0 Å². The molecule has 1 aromatic heterocycles. The summed E-state index contributed by atoms with van der Waals surface area (Å²) in [5.74, 6) is -0.0920. The van der Waals surface area contributed by atoms with Crippen LogP contribution >= 0.6 is 0 Å². The molecule has 124 valence electrons. The fourth-order valence-electron chi connectivity index (χ4n) is 2.94. The van der Waals surface area contributed by atoms with Gasteiger partial charge in [0.15, 0.2) is 5.43 Å². The molecule has 0 radical (unpaired) electrons. The predicted molar refractivity (Wildman–Crippen MR) is 89.0 cm³/mol. The lowest BCUT2D eigenvalue weighted by molar-refractivity contribution is -0.139. The zero-order valence-corrected chi connectivity index (χ0v) is 14.3. The maximum absolute atomic E-state index is 11.9. The largest absolute Gasteiger partial charge is 0.465 e. The zero-order chi connectivity index (χ0) is 17.0. The number of ether oxygens (including phenoxy) is 1. The van der Waals surface area contributed by atoms with Gasteiger partial charge in [0, 0.05) is 17.7 Å². The number of rotatable bonds is 4. The van der Waals surface area contributed by atoms with Crippen LogP contribution in [0.3, 0.4) is 0 Å². The lowest BCUT2D eigenvalue weighted by atomic mass is 9.73. The van der Waals surface area contributed by atoms with Gasteiger partial charge in [0.25, 0.3) is 0 Å². The van der Waals surface area contributed by atoms with Crippen molar-refractivity contribution in [1.82, 2.24) is 0 Å². The van der Waals surface area contributed by atoms with Gasteiger partial charge >= 0.3 is 5.97 Å². The van der Waals surface area contributed by atoms with E-state index >= 15 is 0 Å². The second-order valence-electron chi connectivity index (χ2n) is 6.77. The molecule has 2 rings (SSSR count). The number of allylic oxidation sites excluding steroid dienone is 3. The van der Waals surface area contributed by atoms with Crippen molar-refractivity contribution in [1.29, 1.82) is 0 Å². The van der Waals surface area contributed by atoms with Crippen molar-refractivity contribution < 1.29 is 13.9 Å². The molecule has 0 spiro atoms. The summed E-state index contributed by atoms with van der Waals surface area (Å²) in [6.45, 7) is 8.14. The van der Waals surface area contributed by atoms with Crippen molar-refractivity contribution in [2.24, 2.45) is 5.41 Å². The van der Waals surface area contributed by atoms with Gasteiger partial charge in [0.1, 0.15) is 12.4 Å². The van der Waals surface area contributed by atoms with Crippen molar-refractivity contribution in [3.63, 3.8) is 0 Å². The van der Waals surface area contributed by atoms with Crippen molar-refractivity contribution >= 4 is 5.97 Å². The summed E-state index contributed by atoms with van der Waals surface area (Å²) in [7, 11) is 0. The minimum Gasteiger partial charge on any atom is -0.465 e. The summed E-state index contributed by atoms with van der Waals surface area (Å²) < 4.78 is 10.4. The molecule has 1 aliphatic rings. The fourth-order valence-corrected chi connectivity index (χ4v) is 2.94. The Morgan fingerprint density at radius 3 is 2.78 bits per heavy atom. The highest BCUT2D eigenvalue weighted by atomic mass is 16.5. The predicted octanol–water partition coefficient (Wildman–Crippen LogP) is 4.07. The molecule has 23 heavy (non-hydrogen) atoms. The number of carbonyl (C=O) groups excluding carboxylic acids is 1. The molecule has 0 unspecified atom stereocenters. The second kappa shape index (κ2) is 6.99. The first-order valence-corrected chi connectivity index (χ1v) is 7.93. The Kier molecular flexibility index (Phi) is 5.24. The molecule has 1 aromatic rings. The van der Waals surface area contributed by atoms with E-state index in [9.17, 15) is 9.59 Å². The van der Waals surface area contributed by atoms with E-state index in [-0.39, 0.29) is 17.5 Å². The Morgan fingerprint density at radius 2 is 2.13 bits per heavy atom. The third kappa shape index (κ3) is 4.44. The molecule has 0 saturated heterocycles. The summed E-state index contributed by atoms with van der Waals surface area (Å²) in [5.41, 5.74) is 3.03. The number of hydrogen-bond acceptors (Lipinski definition) is 4. The van der Waals surface area contributed by atoms with E-state index in [1.54, 1.807) is 6.92 Å². The minimum atomic E-state index is -0.435. The van der Waals surface area contributed by atoms with Crippen LogP contribution in [-0.2, 0) is 16.1 Å². The average Bonchev–Trinajstić information content (AvgIpc) is 2.47. The molecule has 0 aromatic carbocycles. The van der Waals surface area contributed by atoms with E-state index in [1.807, 2.05) is 6.08 Å². The van der Waals surface area contributed by atoms with E-state index in [0.717, 1.165) is 12.8 Å². The van der Waals surface area contributed by atoms with Crippen LogP contribution in [0.1, 0.15) is 51.4 Å². The summed E-state index contributed by atoms with van der Waals surface area (Å²) in [5, 5.41) is 0. The molecule has 0 N–H and O–H groups in total. The van der Waals surface area contributed by atoms with Gasteiger partial charge in [-0.1, -0.05) is 25.5 Å². The molecule has 4 heteroatoms. The minimum absolute atomic E-state index is 0.0416. The van der Waals surface area contributed by atoms with Gasteiger partial charge in [-0.25, -0.2) is 4.79 Å². The highest BCUT2D eigenvalue weighted by molar-refractivity contribution is 5.82. The zero-order valence-electron chi connectivity index (χ0n) is 14.3. The van der Waals surface area contributed by atoms with Crippen molar-refractivity contribution in [3.05, 3.63) is 57.2 Å². The lowest BCUT2D eigenvalue weighted by Crippen LogP contribution is -2.19. The normalized spacial score (nSPS) is 17.6. The van der Waals surface area contributed by atoms with Crippen molar-refractivity contribution in [2.75, 3.05) is 0 Å². The molecular weight excluding hydrogens is 292 g/mol. The van der Waals surface area contributed by atoms with Crippen LogP contribution in [0.15, 0.2) is 44.8 Å². The first-order valence-electron chi connectivity index (χ1n) is 7.93. The van der Waals surface area contributed by atoms with E-state index in [0.29, 0.717) is 11.3 Å². The van der Waals surface area contributed by atoms with Crippen LogP contribution in [0.2, 0.25) is 0 Å². The molecule has 0 saturated carbocycles. The maximum atomic E-state index is 11.9. The van der Waals surface area contributed by atoms with E-state index < -0.39 is 5.97 Å². The third-order valence-corrected chi connectivity index (χ3v) is 4.35. The topological polar surface area (TPSA) is 56.5 Å². The highest BCUT2D eigenvalue weighted by Crippen LogP contribution is 2.40. The molecule has 0 aliphatic heterocycles. The van der Waals surface area contributed by atoms with Crippen LogP contribution in [-0.4, -0.2) is 5.97 Å². The van der Waals surface area contributed by atoms with Gasteiger partial charge in [0.2, 0.25) is 0 Å². The third-order valence-electron chi connectivity index (χ3n) is 4.35. The second-order valence-corrected chi connectivity index (χ2v) is 6.77. The van der Waals surface area contributed by atoms with Crippen LogP contribution < -0.4 is 5.43 Å². The van der Waals surface area contributed by atoms with E-state index in [4.69, 9.17) is 9.15 Å². The summed E-state index contributed by atoms with van der Waals surface area (Å²) in [6.07, 6.45) is 8.08. The molecule has 0 amide bonds. The number of hydrogen-bond donors (Lipinski definition) is 0. The van der Waals surface area contributed by atoms with Crippen molar-refractivity contribution in [2.45, 2.75) is 53.6 Å². The molecule has 0 fully saturated rings. The Bertz CT molecular complexity index is 704. The van der Waals surface area contributed by atoms with Crippen LogP contribution in [0.5, 0.6) is 0 Å². The standard InChI is InChI=1S/C19H24O4/c1-13-6-5-9-19(3,4)16(13)7-8-18(21)23-12-15-10-17(20)14(2)11-22-15/h7-8,10-11H,5-6,9,12H2,1-4H3/b8-7+. The van der Waals surface area contributed by atoms with Gasteiger partial charge in [-0.15, -0.1) is 0 Å². The first kappa shape index (κ1) is 17.3. The van der Waals surface area contributed by atoms with Crippen LogP contribution in [0, 0.1) is 12.3 Å². The Balaban J connectivity index is 1.99. The van der Waals surface area contributed by atoms with Gasteiger partial charge in [0.05, 0.1) is 6.26 Å². The fraction of sp³-hybridized carbons (Fsp3) is 0.474. The summed E-state index contributed by atoms with van der Waals surface area (Å²) in [4.78, 5) is 23.4. The quantitative estimate of drug-likeness (QED) is 0.620. The molecular formula is C19H24O4. The maximum Gasteiger partial charge on any atom is 0.331 e. The lowest BCUT2D eigenvalue weighted by Gasteiger charge is -2.32. The van der Waals surface area contributed by atoms with Gasteiger partial charge in [-0.2, -0.15) is 0 Å². The van der Waals surface area contributed by atoms with Crippen molar-refractivity contribution in [3.8, 4) is 0 Å². The Morgan fingerprint density at radius 1 is 1.39 bits per heavy atom. The monoisotopic (exact) mass is 316 g/mol. The molecule has 0 bridgehead atoms. The highest BCUT2D eigenvalue weighted by Gasteiger charge is 2.26. The SMILES string of the molecule is CC1=C(/C=C/C(=O)OCc2cc(=O)c(C)co2)C(C)(C)CCC1. The van der Waals surface area contributed by atoms with Gasteiger partial charge in [-0.3, -0.25) is 4.79 Å². The van der Waals surface area contributed by atoms with Crippen LogP contribution in [0.25, 0.3) is 0 Å².